The van der Waals surface area contributed by atoms with E-state index in [1.807, 2.05) is 11.3 Å². The summed E-state index contributed by atoms with van der Waals surface area (Å²) in [6, 6.07) is 3.05. The largest absolute Gasteiger partial charge is 0.314 e. The lowest BCUT2D eigenvalue weighted by Crippen LogP contribution is -2.28. The molecule has 0 saturated heterocycles. The molecule has 1 aliphatic carbocycles. The third-order valence-corrected chi connectivity index (χ3v) is 4.85. The highest BCUT2D eigenvalue weighted by atomic mass is 32.1. The Morgan fingerprint density at radius 1 is 1.53 bits per heavy atom. The van der Waals surface area contributed by atoms with Gasteiger partial charge in [-0.2, -0.15) is 11.3 Å². The van der Waals surface area contributed by atoms with E-state index in [9.17, 15) is 0 Å². The molecule has 96 valence electrons. The summed E-state index contributed by atoms with van der Waals surface area (Å²) in [5.74, 6) is 0. The minimum absolute atomic E-state index is 0.577. The van der Waals surface area contributed by atoms with Crippen molar-refractivity contribution in [3.8, 4) is 0 Å². The van der Waals surface area contributed by atoms with Crippen molar-refractivity contribution in [3.05, 3.63) is 22.4 Å². The summed E-state index contributed by atoms with van der Waals surface area (Å²) in [5, 5.41) is 8.17. The molecule has 1 fully saturated rings. The second kappa shape index (κ2) is 6.01. The molecule has 0 aromatic carbocycles. The van der Waals surface area contributed by atoms with Crippen LogP contribution in [0.2, 0.25) is 0 Å². The van der Waals surface area contributed by atoms with Crippen molar-refractivity contribution in [1.29, 1.82) is 0 Å². The number of nitrogens with one attached hydrogen (secondary N) is 1. The summed E-state index contributed by atoms with van der Waals surface area (Å²) >= 11 is 1.82. The highest BCUT2D eigenvalue weighted by Crippen LogP contribution is 2.41. The number of aryl methyl sites for hydroxylation is 1. The molecule has 2 unspecified atom stereocenters. The van der Waals surface area contributed by atoms with E-state index in [-0.39, 0.29) is 0 Å². The Hall–Kier alpha value is -0.340. The molecule has 1 saturated carbocycles. The minimum Gasteiger partial charge on any atom is -0.314 e. The van der Waals surface area contributed by atoms with Crippen molar-refractivity contribution in [2.24, 2.45) is 5.41 Å². The van der Waals surface area contributed by atoms with Gasteiger partial charge < -0.3 is 5.32 Å². The van der Waals surface area contributed by atoms with E-state index in [4.69, 9.17) is 0 Å². The summed E-state index contributed by atoms with van der Waals surface area (Å²) in [7, 11) is 0. The van der Waals surface area contributed by atoms with Gasteiger partial charge in [0.15, 0.2) is 0 Å². The topological polar surface area (TPSA) is 12.0 Å². The van der Waals surface area contributed by atoms with Crippen molar-refractivity contribution >= 4 is 11.3 Å². The van der Waals surface area contributed by atoms with Gasteiger partial charge >= 0.3 is 0 Å². The van der Waals surface area contributed by atoms with E-state index in [0.717, 1.165) is 6.04 Å². The van der Waals surface area contributed by atoms with Gasteiger partial charge in [0.25, 0.3) is 0 Å². The van der Waals surface area contributed by atoms with Crippen LogP contribution in [0.15, 0.2) is 16.8 Å². The zero-order valence-electron chi connectivity index (χ0n) is 11.2. The molecule has 2 atom stereocenters. The van der Waals surface area contributed by atoms with Gasteiger partial charge in [-0.25, -0.2) is 0 Å². The molecule has 2 heteroatoms. The highest BCUT2D eigenvalue weighted by molar-refractivity contribution is 7.07. The molecule has 1 aliphatic rings. The third kappa shape index (κ3) is 3.82. The second-order valence-corrected chi connectivity index (χ2v) is 6.62. The maximum absolute atomic E-state index is 3.68. The Bertz CT molecular complexity index is 320. The van der Waals surface area contributed by atoms with Gasteiger partial charge in [-0.1, -0.05) is 13.8 Å². The summed E-state index contributed by atoms with van der Waals surface area (Å²) in [6.07, 6.45) is 8.02. The Morgan fingerprint density at radius 3 is 3.12 bits per heavy atom. The first kappa shape index (κ1) is 13.1. The smallest absolute Gasteiger partial charge is 0.00724 e. The predicted molar refractivity (Wildman–Crippen MR) is 76.7 cm³/mol. The third-order valence-electron chi connectivity index (χ3n) is 4.12. The number of thiophene rings is 1. The van der Waals surface area contributed by atoms with Crippen molar-refractivity contribution in [3.63, 3.8) is 0 Å². The molecular weight excluding hydrogens is 226 g/mol. The average molecular weight is 251 g/mol. The lowest BCUT2D eigenvalue weighted by Gasteiger charge is -2.24. The van der Waals surface area contributed by atoms with Gasteiger partial charge in [0.1, 0.15) is 0 Å². The standard InChI is InChI=1S/C15H25NS/c1-3-9-16-14-5-8-15(2,11-14)7-4-13-6-10-17-12-13/h6,10,12,14,16H,3-5,7-9,11H2,1-2H3. The molecule has 0 aliphatic heterocycles. The summed E-state index contributed by atoms with van der Waals surface area (Å²) < 4.78 is 0. The second-order valence-electron chi connectivity index (χ2n) is 5.84. The fraction of sp³-hybridized carbons (Fsp3) is 0.733. The number of hydrogen-bond acceptors (Lipinski definition) is 2. The van der Waals surface area contributed by atoms with Crippen molar-refractivity contribution in [1.82, 2.24) is 5.32 Å². The van der Waals surface area contributed by atoms with E-state index in [1.54, 1.807) is 0 Å². The maximum Gasteiger partial charge on any atom is 0.00724 e. The predicted octanol–water partition coefficient (Wildman–Crippen LogP) is 4.24. The normalized spacial score (nSPS) is 28.7. The van der Waals surface area contributed by atoms with E-state index < -0.39 is 0 Å². The highest BCUT2D eigenvalue weighted by Gasteiger charge is 2.34. The molecule has 0 radical (unpaired) electrons. The summed E-state index contributed by atoms with van der Waals surface area (Å²) in [5.41, 5.74) is 2.11. The maximum atomic E-state index is 3.68. The van der Waals surface area contributed by atoms with Gasteiger partial charge in [-0.05, 0) is 72.9 Å². The van der Waals surface area contributed by atoms with Crippen molar-refractivity contribution < 1.29 is 0 Å². The van der Waals surface area contributed by atoms with Gasteiger partial charge in [0.05, 0.1) is 0 Å². The first-order chi connectivity index (χ1) is 8.22. The van der Waals surface area contributed by atoms with Crippen LogP contribution in [0.4, 0.5) is 0 Å². The SMILES string of the molecule is CCCNC1CCC(C)(CCc2ccsc2)C1. The molecule has 17 heavy (non-hydrogen) atoms. The summed E-state index contributed by atoms with van der Waals surface area (Å²) in [4.78, 5) is 0. The molecule has 2 rings (SSSR count). The molecule has 1 nitrogen and oxygen atoms in total. The number of hydrogen-bond donors (Lipinski definition) is 1. The Morgan fingerprint density at radius 2 is 2.41 bits per heavy atom. The molecule has 1 aromatic heterocycles. The zero-order valence-corrected chi connectivity index (χ0v) is 12.0. The molecular formula is C15H25NS. The molecule has 0 amide bonds. The minimum atomic E-state index is 0.577. The summed E-state index contributed by atoms with van der Waals surface area (Å²) in [6.45, 7) is 5.91. The van der Waals surface area contributed by atoms with Crippen LogP contribution in [0.5, 0.6) is 0 Å². The van der Waals surface area contributed by atoms with Crippen LogP contribution in [0.1, 0.15) is 51.5 Å². The van der Waals surface area contributed by atoms with Gasteiger partial charge in [-0.3, -0.25) is 0 Å². The van der Waals surface area contributed by atoms with E-state index in [0.29, 0.717) is 5.41 Å². The Kier molecular flexibility index (Phi) is 4.63. The Balaban J connectivity index is 1.76. The lowest BCUT2D eigenvalue weighted by atomic mass is 9.83. The van der Waals surface area contributed by atoms with Gasteiger partial charge in [-0.15, -0.1) is 0 Å². The van der Waals surface area contributed by atoms with Crippen molar-refractivity contribution in [2.75, 3.05) is 6.54 Å². The molecule has 0 spiro atoms. The van der Waals surface area contributed by atoms with Gasteiger partial charge in [0.2, 0.25) is 0 Å². The first-order valence-electron chi connectivity index (χ1n) is 6.96. The van der Waals surface area contributed by atoms with Crippen LogP contribution in [-0.2, 0) is 6.42 Å². The Labute approximate surface area is 110 Å². The monoisotopic (exact) mass is 251 g/mol. The quantitative estimate of drug-likeness (QED) is 0.797. The van der Waals surface area contributed by atoms with Crippen LogP contribution < -0.4 is 5.32 Å². The lowest BCUT2D eigenvalue weighted by molar-refractivity contribution is 0.298. The molecule has 1 heterocycles. The zero-order chi connectivity index (χ0) is 12.1. The van der Waals surface area contributed by atoms with Crippen LogP contribution in [0.3, 0.4) is 0 Å². The molecule has 1 N–H and O–H groups in total. The first-order valence-corrected chi connectivity index (χ1v) is 7.90. The van der Waals surface area contributed by atoms with Crippen LogP contribution in [0, 0.1) is 5.41 Å². The van der Waals surface area contributed by atoms with E-state index in [1.165, 1.54) is 50.6 Å². The molecule has 1 aromatic rings. The fourth-order valence-corrected chi connectivity index (χ4v) is 3.66. The van der Waals surface area contributed by atoms with E-state index >= 15 is 0 Å². The van der Waals surface area contributed by atoms with Crippen LogP contribution in [-0.4, -0.2) is 12.6 Å². The fourth-order valence-electron chi connectivity index (χ4n) is 2.95. The number of rotatable bonds is 6. The van der Waals surface area contributed by atoms with E-state index in [2.05, 4.69) is 36.0 Å². The van der Waals surface area contributed by atoms with Crippen molar-refractivity contribution in [2.45, 2.75) is 58.4 Å². The molecule has 0 bridgehead atoms. The van der Waals surface area contributed by atoms with Crippen LogP contribution in [0.25, 0.3) is 0 Å². The van der Waals surface area contributed by atoms with Crippen LogP contribution >= 0.6 is 11.3 Å². The van der Waals surface area contributed by atoms with Gasteiger partial charge in [0, 0.05) is 6.04 Å². The average Bonchev–Trinajstić information content (AvgIpc) is 2.94.